The van der Waals surface area contributed by atoms with E-state index in [2.05, 4.69) is 5.32 Å². The Bertz CT molecular complexity index is 666. The van der Waals surface area contributed by atoms with E-state index in [0.717, 1.165) is 30.2 Å². The second kappa shape index (κ2) is 6.28. The predicted octanol–water partition coefficient (Wildman–Crippen LogP) is 2.13. The van der Waals surface area contributed by atoms with Crippen LogP contribution in [0.1, 0.15) is 37.3 Å². The highest BCUT2D eigenvalue weighted by molar-refractivity contribution is 7.92. The Morgan fingerprint density at radius 2 is 2.00 bits per heavy atom. The average molecular weight is 324 g/mol. The van der Waals surface area contributed by atoms with Crippen molar-refractivity contribution in [3.63, 3.8) is 0 Å². The van der Waals surface area contributed by atoms with Crippen LogP contribution in [0.25, 0.3) is 0 Å². The van der Waals surface area contributed by atoms with Gasteiger partial charge < -0.3 is 5.32 Å². The summed E-state index contributed by atoms with van der Waals surface area (Å²) in [4.78, 5) is 12.5. The van der Waals surface area contributed by atoms with E-state index in [1.54, 1.807) is 0 Å². The number of hydrogen-bond acceptors (Lipinski definition) is 3. The smallest absolute Gasteiger partial charge is 0.244 e. The Hall–Kier alpha value is -1.56. The number of hydrogen-bond donors (Lipinski definition) is 1. The minimum Gasteiger partial charge on any atom is -0.352 e. The van der Waals surface area contributed by atoms with Gasteiger partial charge in [0.2, 0.25) is 15.9 Å². The quantitative estimate of drug-likeness (QED) is 0.871. The van der Waals surface area contributed by atoms with Crippen molar-refractivity contribution in [3.05, 3.63) is 29.3 Å². The van der Waals surface area contributed by atoms with Crippen LogP contribution in [0.2, 0.25) is 0 Å². The van der Waals surface area contributed by atoms with Crippen molar-refractivity contribution in [2.75, 3.05) is 10.6 Å². The Morgan fingerprint density at radius 1 is 1.36 bits per heavy atom. The maximum absolute atomic E-state index is 12.5. The summed E-state index contributed by atoms with van der Waals surface area (Å²) >= 11 is 0. The summed E-state index contributed by atoms with van der Waals surface area (Å²) in [5.41, 5.74) is 2.39. The van der Waals surface area contributed by atoms with Gasteiger partial charge in [-0.25, -0.2) is 8.42 Å². The van der Waals surface area contributed by atoms with E-state index in [9.17, 15) is 13.2 Å². The van der Waals surface area contributed by atoms with E-state index in [4.69, 9.17) is 0 Å². The number of anilines is 1. The molecule has 1 amide bonds. The molecule has 1 N–H and O–H groups in total. The molecular formula is C16H24N2O3S. The van der Waals surface area contributed by atoms with E-state index < -0.39 is 16.1 Å². The minimum atomic E-state index is -3.56. The highest BCUT2D eigenvalue weighted by Gasteiger charge is 2.35. The number of amides is 1. The molecule has 1 saturated carbocycles. The van der Waals surface area contributed by atoms with Crippen LogP contribution < -0.4 is 9.62 Å². The molecule has 1 aromatic carbocycles. The molecule has 0 aromatic heterocycles. The molecule has 0 saturated heterocycles. The van der Waals surface area contributed by atoms with Gasteiger partial charge in [0.1, 0.15) is 6.04 Å². The van der Waals surface area contributed by atoms with Gasteiger partial charge in [-0.1, -0.05) is 19.1 Å². The minimum absolute atomic E-state index is 0.210. The third kappa shape index (κ3) is 3.80. The number of sulfonamides is 1. The van der Waals surface area contributed by atoms with Crippen LogP contribution in [0.4, 0.5) is 5.69 Å². The van der Waals surface area contributed by atoms with E-state index in [1.165, 1.54) is 4.31 Å². The maximum Gasteiger partial charge on any atom is 0.244 e. The van der Waals surface area contributed by atoms with Gasteiger partial charge in [0, 0.05) is 6.04 Å². The number of aryl methyl sites for hydroxylation is 2. The van der Waals surface area contributed by atoms with Crippen molar-refractivity contribution < 1.29 is 13.2 Å². The van der Waals surface area contributed by atoms with Gasteiger partial charge in [-0.15, -0.1) is 0 Å². The number of rotatable bonds is 6. The molecule has 1 aromatic rings. The van der Waals surface area contributed by atoms with Crippen LogP contribution in [0.3, 0.4) is 0 Å². The molecule has 1 aliphatic rings. The standard InChI is InChI=1S/C16H24N2O3S/c1-5-14(16(19)17-13-8-9-13)18(22(4,20)21)15-10-11(2)6-7-12(15)3/h6-7,10,13-14H,5,8-9H2,1-4H3,(H,17,19)/t14-/m0/s1. The van der Waals surface area contributed by atoms with Gasteiger partial charge in [0.25, 0.3) is 0 Å². The van der Waals surface area contributed by atoms with Crippen LogP contribution >= 0.6 is 0 Å². The Morgan fingerprint density at radius 3 is 2.50 bits per heavy atom. The summed E-state index contributed by atoms with van der Waals surface area (Å²) in [6.07, 6.45) is 3.54. The van der Waals surface area contributed by atoms with Gasteiger partial charge in [-0.2, -0.15) is 0 Å². The Labute approximate surface area is 132 Å². The molecule has 0 aliphatic heterocycles. The van der Waals surface area contributed by atoms with Crippen molar-refractivity contribution >= 4 is 21.6 Å². The lowest BCUT2D eigenvalue weighted by molar-refractivity contribution is -0.122. The second-order valence-corrected chi connectivity index (χ2v) is 7.92. The van der Waals surface area contributed by atoms with Crippen molar-refractivity contribution in [2.24, 2.45) is 0 Å². The van der Waals surface area contributed by atoms with Crippen LogP contribution in [-0.4, -0.2) is 32.7 Å². The lowest BCUT2D eigenvalue weighted by Crippen LogP contribution is -2.50. The number of carbonyl (C=O) groups excluding carboxylic acids is 1. The highest BCUT2D eigenvalue weighted by atomic mass is 32.2. The average Bonchev–Trinajstić information content (AvgIpc) is 3.21. The van der Waals surface area contributed by atoms with Crippen LogP contribution in [0.5, 0.6) is 0 Å². The van der Waals surface area contributed by atoms with Crippen molar-refractivity contribution in [3.8, 4) is 0 Å². The zero-order valence-corrected chi connectivity index (χ0v) is 14.4. The molecule has 0 radical (unpaired) electrons. The molecule has 1 fully saturated rings. The molecule has 0 bridgehead atoms. The van der Waals surface area contributed by atoms with Crippen LogP contribution in [0, 0.1) is 13.8 Å². The fourth-order valence-electron chi connectivity index (χ4n) is 2.52. The van der Waals surface area contributed by atoms with Gasteiger partial charge in [0.05, 0.1) is 11.9 Å². The first-order valence-corrected chi connectivity index (χ1v) is 9.46. The molecule has 22 heavy (non-hydrogen) atoms. The van der Waals surface area contributed by atoms with E-state index >= 15 is 0 Å². The van der Waals surface area contributed by atoms with E-state index in [0.29, 0.717) is 12.1 Å². The molecule has 6 heteroatoms. The normalized spacial score (nSPS) is 16.2. The van der Waals surface area contributed by atoms with Gasteiger partial charge >= 0.3 is 0 Å². The molecule has 1 atom stereocenters. The van der Waals surface area contributed by atoms with Crippen molar-refractivity contribution in [2.45, 2.75) is 52.1 Å². The van der Waals surface area contributed by atoms with Gasteiger partial charge in [-0.05, 0) is 50.3 Å². The summed E-state index contributed by atoms with van der Waals surface area (Å²) in [5.74, 6) is -0.212. The summed E-state index contributed by atoms with van der Waals surface area (Å²) in [5, 5.41) is 2.92. The summed E-state index contributed by atoms with van der Waals surface area (Å²) in [6.45, 7) is 5.60. The van der Waals surface area contributed by atoms with Crippen molar-refractivity contribution in [1.29, 1.82) is 0 Å². The lowest BCUT2D eigenvalue weighted by atomic mass is 10.1. The summed E-state index contributed by atoms with van der Waals surface area (Å²) < 4.78 is 26.0. The highest BCUT2D eigenvalue weighted by Crippen LogP contribution is 2.28. The number of nitrogens with one attached hydrogen (secondary N) is 1. The first kappa shape index (κ1) is 16.8. The van der Waals surface area contributed by atoms with E-state index in [1.807, 2.05) is 39.0 Å². The number of carbonyl (C=O) groups is 1. The largest absolute Gasteiger partial charge is 0.352 e. The van der Waals surface area contributed by atoms with Crippen LogP contribution in [-0.2, 0) is 14.8 Å². The number of nitrogens with zero attached hydrogens (tertiary/aromatic N) is 1. The zero-order valence-electron chi connectivity index (χ0n) is 13.6. The fourth-order valence-corrected chi connectivity index (χ4v) is 3.78. The first-order chi connectivity index (χ1) is 10.2. The molecule has 0 unspecified atom stereocenters. The molecule has 0 heterocycles. The molecule has 1 aliphatic carbocycles. The fraction of sp³-hybridized carbons (Fsp3) is 0.562. The summed E-state index contributed by atoms with van der Waals surface area (Å²) in [6, 6.07) is 5.14. The predicted molar refractivity (Wildman–Crippen MR) is 88.5 cm³/mol. The second-order valence-electron chi connectivity index (χ2n) is 6.06. The van der Waals surface area contributed by atoms with E-state index in [-0.39, 0.29) is 11.9 Å². The lowest BCUT2D eigenvalue weighted by Gasteiger charge is -2.31. The molecular weight excluding hydrogens is 300 g/mol. The number of benzene rings is 1. The molecule has 122 valence electrons. The summed E-state index contributed by atoms with van der Waals surface area (Å²) in [7, 11) is -3.56. The van der Waals surface area contributed by atoms with Gasteiger partial charge in [-0.3, -0.25) is 9.10 Å². The molecule has 2 rings (SSSR count). The zero-order chi connectivity index (χ0) is 16.5. The topological polar surface area (TPSA) is 66.5 Å². The monoisotopic (exact) mass is 324 g/mol. The molecule has 5 nitrogen and oxygen atoms in total. The SMILES string of the molecule is CC[C@@H](C(=O)NC1CC1)N(c1cc(C)ccc1C)S(C)(=O)=O. The van der Waals surface area contributed by atoms with Gasteiger partial charge in [0.15, 0.2) is 0 Å². The maximum atomic E-state index is 12.5. The Balaban J connectivity index is 2.44. The van der Waals surface area contributed by atoms with Crippen molar-refractivity contribution in [1.82, 2.24) is 5.32 Å². The van der Waals surface area contributed by atoms with Crippen LogP contribution in [0.15, 0.2) is 18.2 Å². The Kier molecular flexibility index (Phi) is 4.80. The third-order valence-corrected chi connectivity index (χ3v) is 5.02. The first-order valence-electron chi connectivity index (χ1n) is 7.61. The third-order valence-electron chi connectivity index (χ3n) is 3.86. The molecule has 0 spiro atoms.